The standard InChI is InChI=1S/C11H20N2O3S/c1-7-3-5-13(9(7)11(15)16)10(14)8(12)4-6-17-2/h7-9H,3-6,12H2,1-2H3,(H,15,16)/t7?,8-,9?/m1/s1. The van der Waals surface area contributed by atoms with E-state index in [4.69, 9.17) is 10.8 Å². The van der Waals surface area contributed by atoms with Crippen LogP contribution in [0.4, 0.5) is 0 Å². The van der Waals surface area contributed by atoms with Crippen LogP contribution in [-0.4, -0.2) is 52.5 Å². The normalized spacial score (nSPS) is 25.9. The minimum atomic E-state index is -0.930. The first-order valence-electron chi connectivity index (χ1n) is 5.76. The van der Waals surface area contributed by atoms with Crippen molar-refractivity contribution in [3.8, 4) is 0 Å². The van der Waals surface area contributed by atoms with Gasteiger partial charge < -0.3 is 15.7 Å². The van der Waals surface area contributed by atoms with Crippen LogP contribution >= 0.6 is 11.8 Å². The second-order valence-corrected chi connectivity index (χ2v) is 5.45. The van der Waals surface area contributed by atoms with Crippen molar-refractivity contribution in [2.24, 2.45) is 11.7 Å². The maximum atomic E-state index is 12.0. The van der Waals surface area contributed by atoms with Gasteiger partial charge in [0.05, 0.1) is 6.04 Å². The van der Waals surface area contributed by atoms with Gasteiger partial charge in [-0.15, -0.1) is 0 Å². The number of thioether (sulfide) groups is 1. The van der Waals surface area contributed by atoms with E-state index in [2.05, 4.69) is 0 Å². The fourth-order valence-corrected chi connectivity index (χ4v) is 2.64. The highest BCUT2D eigenvalue weighted by Crippen LogP contribution is 2.25. The van der Waals surface area contributed by atoms with Crippen molar-refractivity contribution in [2.75, 3.05) is 18.6 Å². The van der Waals surface area contributed by atoms with Crippen LogP contribution in [0.25, 0.3) is 0 Å². The Balaban J connectivity index is 2.65. The van der Waals surface area contributed by atoms with Gasteiger partial charge in [0.25, 0.3) is 0 Å². The number of carboxylic acids is 1. The van der Waals surface area contributed by atoms with Crippen LogP contribution in [-0.2, 0) is 9.59 Å². The molecule has 0 aromatic rings. The summed E-state index contributed by atoms with van der Waals surface area (Å²) in [5.41, 5.74) is 5.79. The topological polar surface area (TPSA) is 83.6 Å². The van der Waals surface area contributed by atoms with Gasteiger partial charge in [-0.3, -0.25) is 4.79 Å². The molecular formula is C11H20N2O3S. The average molecular weight is 260 g/mol. The molecule has 98 valence electrons. The van der Waals surface area contributed by atoms with Gasteiger partial charge in [0.1, 0.15) is 6.04 Å². The van der Waals surface area contributed by atoms with Gasteiger partial charge in [0, 0.05) is 6.54 Å². The third kappa shape index (κ3) is 3.35. The molecular weight excluding hydrogens is 240 g/mol. The van der Waals surface area contributed by atoms with Crippen molar-refractivity contribution < 1.29 is 14.7 Å². The molecule has 3 N–H and O–H groups in total. The Bertz CT molecular complexity index is 298. The first-order valence-corrected chi connectivity index (χ1v) is 7.16. The molecule has 1 fully saturated rings. The fourth-order valence-electron chi connectivity index (χ4n) is 2.15. The summed E-state index contributed by atoms with van der Waals surface area (Å²) in [6, 6.07) is -1.28. The molecule has 3 atom stereocenters. The maximum absolute atomic E-state index is 12.0. The number of aliphatic carboxylic acids is 1. The van der Waals surface area contributed by atoms with Crippen molar-refractivity contribution in [3.63, 3.8) is 0 Å². The minimum absolute atomic E-state index is 0.00389. The van der Waals surface area contributed by atoms with E-state index < -0.39 is 18.1 Å². The molecule has 0 aromatic heterocycles. The molecule has 0 bridgehead atoms. The summed E-state index contributed by atoms with van der Waals surface area (Å²) in [6.45, 7) is 2.36. The molecule has 1 rings (SSSR count). The van der Waals surface area contributed by atoms with Crippen LogP contribution in [0.5, 0.6) is 0 Å². The maximum Gasteiger partial charge on any atom is 0.326 e. The molecule has 2 unspecified atom stereocenters. The van der Waals surface area contributed by atoms with E-state index in [0.29, 0.717) is 13.0 Å². The van der Waals surface area contributed by atoms with Crippen molar-refractivity contribution in [1.29, 1.82) is 0 Å². The highest BCUT2D eigenvalue weighted by atomic mass is 32.2. The van der Waals surface area contributed by atoms with E-state index in [0.717, 1.165) is 12.2 Å². The van der Waals surface area contributed by atoms with Gasteiger partial charge in [-0.2, -0.15) is 11.8 Å². The third-order valence-electron chi connectivity index (χ3n) is 3.19. The lowest BCUT2D eigenvalue weighted by Crippen LogP contribution is -2.49. The molecule has 1 saturated heterocycles. The third-order valence-corrected chi connectivity index (χ3v) is 3.83. The molecule has 1 amide bonds. The van der Waals surface area contributed by atoms with Gasteiger partial charge in [-0.05, 0) is 30.8 Å². The van der Waals surface area contributed by atoms with Crippen LogP contribution in [0.2, 0.25) is 0 Å². The highest BCUT2D eigenvalue weighted by Gasteiger charge is 2.40. The van der Waals surface area contributed by atoms with Gasteiger partial charge in [-0.1, -0.05) is 6.92 Å². The molecule has 5 nitrogen and oxygen atoms in total. The summed E-state index contributed by atoms with van der Waals surface area (Å²) in [6.07, 6.45) is 3.28. The number of nitrogens with two attached hydrogens (primary N) is 1. The lowest BCUT2D eigenvalue weighted by atomic mass is 10.0. The smallest absolute Gasteiger partial charge is 0.326 e. The number of carbonyl (C=O) groups excluding carboxylic acids is 1. The number of carboxylic acid groups (broad SMARTS) is 1. The molecule has 17 heavy (non-hydrogen) atoms. The predicted octanol–water partition coefficient (Wildman–Crippen LogP) is 0.388. The Morgan fingerprint density at radius 1 is 1.59 bits per heavy atom. The van der Waals surface area contributed by atoms with E-state index in [-0.39, 0.29) is 11.8 Å². The molecule has 0 spiro atoms. The van der Waals surface area contributed by atoms with Gasteiger partial charge in [-0.25, -0.2) is 4.79 Å². The van der Waals surface area contributed by atoms with Gasteiger partial charge in [0.15, 0.2) is 0 Å². The van der Waals surface area contributed by atoms with Crippen molar-refractivity contribution in [2.45, 2.75) is 31.8 Å². The SMILES string of the molecule is CSCC[C@@H](N)C(=O)N1CCC(C)C1C(=O)O. The van der Waals surface area contributed by atoms with Crippen molar-refractivity contribution >= 4 is 23.6 Å². The zero-order valence-corrected chi connectivity index (χ0v) is 11.1. The Kier molecular flexibility index (Phi) is 5.27. The first kappa shape index (κ1) is 14.3. The van der Waals surface area contributed by atoms with Crippen molar-refractivity contribution in [1.82, 2.24) is 4.90 Å². The lowest BCUT2D eigenvalue weighted by molar-refractivity contribution is -0.149. The molecule has 1 heterocycles. The summed E-state index contributed by atoms with van der Waals surface area (Å²) in [4.78, 5) is 24.6. The summed E-state index contributed by atoms with van der Waals surface area (Å²) >= 11 is 1.63. The number of rotatable bonds is 5. The molecule has 0 aromatic carbocycles. The van der Waals surface area contributed by atoms with E-state index in [1.807, 2.05) is 13.2 Å². The minimum Gasteiger partial charge on any atom is -0.480 e. The highest BCUT2D eigenvalue weighted by molar-refractivity contribution is 7.98. The molecule has 0 saturated carbocycles. The zero-order chi connectivity index (χ0) is 13.0. The number of nitrogens with zero attached hydrogens (tertiary/aromatic N) is 1. The van der Waals surface area contributed by atoms with E-state index in [9.17, 15) is 9.59 Å². The second-order valence-electron chi connectivity index (χ2n) is 4.47. The lowest BCUT2D eigenvalue weighted by Gasteiger charge is -2.26. The van der Waals surface area contributed by atoms with Crippen molar-refractivity contribution in [3.05, 3.63) is 0 Å². The fraction of sp³-hybridized carbons (Fsp3) is 0.818. The number of hydrogen-bond acceptors (Lipinski definition) is 4. The van der Waals surface area contributed by atoms with Crippen LogP contribution in [0.1, 0.15) is 19.8 Å². The molecule has 6 heteroatoms. The zero-order valence-electron chi connectivity index (χ0n) is 10.3. The summed E-state index contributed by atoms with van der Waals surface area (Å²) < 4.78 is 0. The van der Waals surface area contributed by atoms with Crippen LogP contribution in [0.3, 0.4) is 0 Å². The van der Waals surface area contributed by atoms with Gasteiger partial charge in [0.2, 0.25) is 5.91 Å². The Hall–Kier alpha value is -0.750. The second kappa shape index (κ2) is 6.26. The number of likely N-dealkylation sites (tertiary alicyclic amines) is 1. The van der Waals surface area contributed by atoms with Gasteiger partial charge >= 0.3 is 5.97 Å². The van der Waals surface area contributed by atoms with Crippen LogP contribution in [0, 0.1) is 5.92 Å². The Labute approximate surface area is 106 Å². The number of hydrogen-bond donors (Lipinski definition) is 2. The molecule has 1 aliphatic rings. The Morgan fingerprint density at radius 3 is 2.76 bits per heavy atom. The average Bonchev–Trinajstić information content (AvgIpc) is 2.66. The van der Waals surface area contributed by atoms with E-state index in [1.165, 1.54) is 4.90 Å². The monoisotopic (exact) mass is 260 g/mol. The molecule has 0 radical (unpaired) electrons. The quantitative estimate of drug-likeness (QED) is 0.747. The summed E-state index contributed by atoms with van der Waals surface area (Å²) in [5.74, 6) is -0.339. The number of carbonyl (C=O) groups is 2. The van der Waals surface area contributed by atoms with Crippen LogP contribution in [0.15, 0.2) is 0 Å². The summed E-state index contributed by atoms with van der Waals surface area (Å²) in [7, 11) is 0. The van der Waals surface area contributed by atoms with Crippen LogP contribution < -0.4 is 5.73 Å². The first-order chi connectivity index (χ1) is 7.99. The Morgan fingerprint density at radius 2 is 2.24 bits per heavy atom. The van der Waals surface area contributed by atoms with E-state index in [1.54, 1.807) is 11.8 Å². The molecule has 0 aliphatic carbocycles. The largest absolute Gasteiger partial charge is 0.480 e. The predicted molar refractivity (Wildman–Crippen MR) is 67.9 cm³/mol. The molecule has 1 aliphatic heterocycles. The summed E-state index contributed by atoms with van der Waals surface area (Å²) in [5, 5.41) is 9.12. The number of amides is 1. The van der Waals surface area contributed by atoms with E-state index >= 15 is 0 Å².